The van der Waals surface area contributed by atoms with Crippen LogP contribution in [0, 0.1) is 13.8 Å². The first kappa shape index (κ1) is 17.0. The molecule has 0 aromatic heterocycles. The first-order valence-corrected chi connectivity index (χ1v) is 7.82. The van der Waals surface area contributed by atoms with Crippen LogP contribution >= 0.6 is 0 Å². The summed E-state index contributed by atoms with van der Waals surface area (Å²) in [5.41, 5.74) is 9.90. The Hall–Kier alpha value is -2.33. The van der Waals surface area contributed by atoms with Gasteiger partial charge in [-0.2, -0.15) is 0 Å². The van der Waals surface area contributed by atoms with Crippen molar-refractivity contribution in [3.63, 3.8) is 0 Å². The number of benzene rings is 2. The van der Waals surface area contributed by atoms with E-state index in [0.717, 1.165) is 16.7 Å². The number of nitrogens with two attached hydrogens (primary N) is 1. The Morgan fingerprint density at radius 3 is 2.39 bits per heavy atom. The zero-order valence-electron chi connectivity index (χ0n) is 13.9. The number of aryl methyl sites for hydroxylation is 2. The second-order valence-electron chi connectivity index (χ2n) is 5.84. The molecule has 0 aliphatic carbocycles. The molecule has 0 aliphatic rings. The number of aliphatic hydroxyl groups is 1. The lowest BCUT2D eigenvalue weighted by molar-refractivity contribution is 0.0635. The summed E-state index contributed by atoms with van der Waals surface area (Å²) >= 11 is 0. The minimum Gasteiger partial charge on any atom is -0.399 e. The van der Waals surface area contributed by atoms with E-state index in [1.165, 1.54) is 0 Å². The van der Waals surface area contributed by atoms with Gasteiger partial charge in [-0.15, -0.1) is 0 Å². The fourth-order valence-electron chi connectivity index (χ4n) is 2.45. The molecule has 0 saturated heterocycles. The first-order valence-electron chi connectivity index (χ1n) is 7.82. The van der Waals surface area contributed by atoms with Crippen LogP contribution in [0.25, 0.3) is 0 Å². The van der Waals surface area contributed by atoms with Crippen LogP contribution in [0.1, 0.15) is 40.1 Å². The maximum absolute atomic E-state index is 12.6. The molecule has 0 fully saturated rings. The van der Waals surface area contributed by atoms with Gasteiger partial charge in [0, 0.05) is 17.8 Å². The number of carbonyl (C=O) groups excluding carboxylic acids is 1. The minimum atomic E-state index is -0.700. The van der Waals surface area contributed by atoms with Crippen molar-refractivity contribution in [3.05, 3.63) is 64.7 Å². The second kappa shape index (κ2) is 7.29. The molecule has 0 aliphatic heterocycles. The largest absolute Gasteiger partial charge is 0.399 e. The summed E-state index contributed by atoms with van der Waals surface area (Å²) in [4.78, 5) is 14.3. The molecule has 122 valence electrons. The molecule has 23 heavy (non-hydrogen) atoms. The van der Waals surface area contributed by atoms with Crippen molar-refractivity contribution >= 4 is 11.6 Å². The fourth-order valence-corrected chi connectivity index (χ4v) is 2.45. The van der Waals surface area contributed by atoms with Crippen LogP contribution in [0.5, 0.6) is 0 Å². The molecule has 4 heteroatoms. The van der Waals surface area contributed by atoms with E-state index < -0.39 is 6.10 Å². The number of nitrogen functional groups attached to an aromatic ring is 1. The lowest BCUT2D eigenvalue weighted by Gasteiger charge is -2.24. The summed E-state index contributed by atoms with van der Waals surface area (Å²) < 4.78 is 0. The van der Waals surface area contributed by atoms with Gasteiger partial charge < -0.3 is 15.7 Å². The fraction of sp³-hybridized carbons (Fsp3) is 0.316. The smallest absolute Gasteiger partial charge is 0.253 e. The van der Waals surface area contributed by atoms with Crippen molar-refractivity contribution in [3.8, 4) is 0 Å². The van der Waals surface area contributed by atoms with Crippen molar-refractivity contribution in [2.24, 2.45) is 0 Å². The number of likely N-dealkylation sites (N-methyl/N-ethyl adjacent to an activating group) is 1. The molecule has 2 aromatic carbocycles. The summed E-state index contributed by atoms with van der Waals surface area (Å²) in [6.45, 7) is 6.59. The highest BCUT2D eigenvalue weighted by atomic mass is 16.3. The highest BCUT2D eigenvalue weighted by Crippen LogP contribution is 2.18. The number of anilines is 1. The summed E-state index contributed by atoms with van der Waals surface area (Å²) in [5, 5.41) is 10.4. The van der Waals surface area contributed by atoms with Crippen molar-refractivity contribution in [2.75, 3.05) is 18.8 Å². The van der Waals surface area contributed by atoms with Crippen LogP contribution in [0.15, 0.2) is 42.5 Å². The summed E-state index contributed by atoms with van der Waals surface area (Å²) in [6.07, 6.45) is -0.700. The maximum Gasteiger partial charge on any atom is 0.253 e. The van der Waals surface area contributed by atoms with E-state index in [1.54, 1.807) is 23.1 Å². The molecule has 0 radical (unpaired) electrons. The van der Waals surface area contributed by atoms with Crippen LogP contribution in [-0.2, 0) is 0 Å². The predicted molar refractivity (Wildman–Crippen MR) is 93.3 cm³/mol. The van der Waals surface area contributed by atoms with Crippen molar-refractivity contribution in [2.45, 2.75) is 26.9 Å². The third kappa shape index (κ3) is 4.11. The zero-order chi connectivity index (χ0) is 17.0. The van der Waals surface area contributed by atoms with Gasteiger partial charge in [-0.1, -0.05) is 29.8 Å². The standard InChI is InChI=1S/C19H24N2O2/c1-4-21(12-18(22)15-7-5-13(2)6-8-15)19(23)16-9-10-17(20)14(3)11-16/h5-11,18,22H,4,12,20H2,1-3H3. The highest BCUT2D eigenvalue weighted by molar-refractivity contribution is 5.94. The van der Waals surface area contributed by atoms with E-state index in [1.807, 2.05) is 45.0 Å². The molecule has 0 saturated carbocycles. The number of aliphatic hydroxyl groups excluding tert-OH is 1. The van der Waals surface area contributed by atoms with Crippen LogP contribution in [0.4, 0.5) is 5.69 Å². The maximum atomic E-state index is 12.6. The number of hydrogen-bond donors (Lipinski definition) is 2. The topological polar surface area (TPSA) is 66.6 Å². The quantitative estimate of drug-likeness (QED) is 0.834. The van der Waals surface area contributed by atoms with E-state index >= 15 is 0 Å². The van der Waals surface area contributed by atoms with Gasteiger partial charge in [-0.25, -0.2) is 0 Å². The van der Waals surface area contributed by atoms with Crippen LogP contribution in [-0.4, -0.2) is 29.0 Å². The molecule has 2 rings (SSSR count). The normalized spacial score (nSPS) is 12.0. The average Bonchev–Trinajstić information content (AvgIpc) is 2.55. The number of hydrogen-bond acceptors (Lipinski definition) is 3. The van der Waals surface area contributed by atoms with Crippen LogP contribution in [0.3, 0.4) is 0 Å². The van der Waals surface area contributed by atoms with Crippen molar-refractivity contribution in [1.29, 1.82) is 0 Å². The third-order valence-electron chi connectivity index (χ3n) is 4.04. The minimum absolute atomic E-state index is 0.0956. The third-order valence-corrected chi connectivity index (χ3v) is 4.04. The number of nitrogens with zero attached hydrogens (tertiary/aromatic N) is 1. The molecule has 4 nitrogen and oxygen atoms in total. The molecule has 3 N–H and O–H groups in total. The summed E-state index contributed by atoms with van der Waals surface area (Å²) in [5.74, 6) is -0.0956. The molecule has 1 atom stereocenters. The Balaban J connectivity index is 2.13. The number of carbonyl (C=O) groups is 1. The summed E-state index contributed by atoms with van der Waals surface area (Å²) in [7, 11) is 0. The second-order valence-corrected chi connectivity index (χ2v) is 5.84. The van der Waals surface area contributed by atoms with Gasteiger partial charge in [0.2, 0.25) is 0 Å². The van der Waals surface area contributed by atoms with Gasteiger partial charge in [-0.05, 0) is 50.1 Å². The monoisotopic (exact) mass is 312 g/mol. The van der Waals surface area contributed by atoms with Gasteiger partial charge in [0.25, 0.3) is 5.91 Å². The van der Waals surface area contributed by atoms with Gasteiger partial charge in [0.05, 0.1) is 12.6 Å². The average molecular weight is 312 g/mol. The summed E-state index contributed by atoms with van der Waals surface area (Å²) in [6, 6.07) is 13.0. The Morgan fingerprint density at radius 2 is 1.83 bits per heavy atom. The molecular weight excluding hydrogens is 288 g/mol. The van der Waals surface area contributed by atoms with Gasteiger partial charge >= 0.3 is 0 Å². The Bertz CT molecular complexity index is 680. The molecule has 2 aromatic rings. The Kier molecular flexibility index (Phi) is 5.40. The zero-order valence-corrected chi connectivity index (χ0v) is 13.9. The van der Waals surface area contributed by atoms with Gasteiger partial charge in [-0.3, -0.25) is 4.79 Å². The van der Waals surface area contributed by atoms with Crippen molar-refractivity contribution < 1.29 is 9.90 Å². The number of amides is 1. The highest BCUT2D eigenvalue weighted by Gasteiger charge is 2.19. The van der Waals surface area contributed by atoms with Crippen LogP contribution in [0.2, 0.25) is 0 Å². The molecular formula is C19H24N2O2. The van der Waals surface area contributed by atoms with E-state index in [2.05, 4.69) is 0 Å². The van der Waals surface area contributed by atoms with Gasteiger partial charge in [0.1, 0.15) is 0 Å². The molecule has 1 unspecified atom stereocenters. The van der Waals surface area contributed by atoms with E-state index in [-0.39, 0.29) is 12.5 Å². The van der Waals surface area contributed by atoms with E-state index in [0.29, 0.717) is 17.8 Å². The molecule has 0 spiro atoms. The SMILES string of the molecule is CCN(CC(O)c1ccc(C)cc1)C(=O)c1ccc(N)c(C)c1. The van der Waals surface area contributed by atoms with E-state index in [9.17, 15) is 9.90 Å². The van der Waals surface area contributed by atoms with E-state index in [4.69, 9.17) is 5.73 Å². The molecule has 0 bridgehead atoms. The lowest BCUT2D eigenvalue weighted by atomic mass is 10.1. The molecule has 0 heterocycles. The number of rotatable bonds is 5. The Morgan fingerprint density at radius 1 is 1.17 bits per heavy atom. The van der Waals surface area contributed by atoms with Crippen LogP contribution < -0.4 is 5.73 Å². The molecule has 1 amide bonds. The van der Waals surface area contributed by atoms with Crippen molar-refractivity contribution in [1.82, 2.24) is 4.90 Å². The van der Waals surface area contributed by atoms with Gasteiger partial charge in [0.15, 0.2) is 0 Å². The lowest BCUT2D eigenvalue weighted by Crippen LogP contribution is -2.34. The first-order chi connectivity index (χ1) is 10.9. The predicted octanol–water partition coefficient (Wildman–Crippen LogP) is 3.08. The Labute approximate surface area is 137 Å².